The van der Waals surface area contributed by atoms with Crippen molar-refractivity contribution < 1.29 is 13.9 Å². The lowest BCUT2D eigenvalue weighted by Gasteiger charge is -2.16. The van der Waals surface area contributed by atoms with Gasteiger partial charge in [-0.3, -0.25) is 4.52 Å². The van der Waals surface area contributed by atoms with Crippen LogP contribution in [0.25, 0.3) is 0 Å². The lowest BCUT2D eigenvalue weighted by atomic mass is 10.1. The van der Waals surface area contributed by atoms with Crippen LogP contribution in [0.2, 0.25) is 0 Å². The number of hydrogen-bond acceptors (Lipinski definition) is 3. The predicted octanol–water partition coefficient (Wildman–Crippen LogP) is 6.53. The van der Waals surface area contributed by atoms with Gasteiger partial charge in [-0.2, -0.15) is 0 Å². The summed E-state index contributed by atoms with van der Waals surface area (Å²) in [5.74, 6) is 0.564. The zero-order chi connectivity index (χ0) is 17.7. The Morgan fingerprint density at radius 1 is 0.875 bits per heavy atom. The second kappa shape index (κ2) is 12.9. The van der Waals surface area contributed by atoms with Gasteiger partial charge >= 0.3 is 6.72 Å². The van der Waals surface area contributed by atoms with Gasteiger partial charge in [0.2, 0.25) is 0 Å². The zero-order valence-corrected chi connectivity index (χ0v) is 16.9. The van der Waals surface area contributed by atoms with Gasteiger partial charge in [-0.05, 0) is 25.5 Å². The van der Waals surface area contributed by atoms with Gasteiger partial charge in [-0.25, -0.2) is 0 Å². The first-order valence-electron chi connectivity index (χ1n) is 9.27. The van der Waals surface area contributed by atoms with Crippen molar-refractivity contribution in [1.29, 1.82) is 0 Å². The summed E-state index contributed by atoms with van der Waals surface area (Å²) < 4.78 is 10.8. The van der Waals surface area contributed by atoms with Crippen LogP contribution >= 0.6 is 6.72 Å². The standard InChI is InChI=1S/C19H33O3PS/c1-3-4-5-6-7-8-9-10-11-12-17-21-23(20,24)22-19-15-13-18(2)14-16-19/h13-16H,3-12,17H2,1-2H3,(H,20,24). The Balaban J connectivity index is 2.01. The van der Waals surface area contributed by atoms with E-state index in [9.17, 15) is 4.89 Å². The average molecular weight is 373 g/mol. The molecule has 0 spiro atoms. The molecule has 1 rings (SSSR count). The highest BCUT2D eigenvalue weighted by atomic mass is 32.5. The lowest BCUT2D eigenvalue weighted by molar-refractivity contribution is 0.250. The quantitative estimate of drug-likeness (QED) is 0.298. The van der Waals surface area contributed by atoms with Crippen LogP contribution in [0.1, 0.15) is 76.7 Å². The molecule has 0 aliphatic heterocycles. The van der Waals surface area contributed by atoms with Crippen molar-refractivity contribution in [2.45, 2.75) is 78.1 Å². The molecule has 1 aromatic carbocycles. The molecule has 138 valence electrons. The second-order valence-corrected chi connectivity index (χ2v) is 9.15. The SMILES string of the molecule is CCCCCCCCCCCCOP(O)(=S)Oc1ccc(C)cc1. The van der Waals surface area contributed by atoms with Gasteiger partial charge in [0.15, 0.2) is 0 Å². The Morgan fingerprint density at radius 2 is 1.38 bits per heavy atom. The Labute approximate surface area is 153 Å². The third-order valence-electron chi connectivity index (χ3n) is 3.99. The van der Waals surface area contributed by atoms with Crippen LogP contribution < -0.4 is 4.52 Å². The molecule has 1 atom stereocenters. The molecular weight excluding hydrogens is 339 g/mol. The molecule has 0 saturated heterocycles. The van der Waals surface area contributed by atoms with Crippen molar-refractivity contribution >= 4 is 18.5 Å². The van der Waals surface area contributed by atoms with E-state index in [1.165, 1.54) is 51.4 Å². The molecule has 5 heteroatoms. The molecule has 1 aromatic rings. The van der Waals surface area contributed by atoms with Crippen LogP contribution in [0.15, 0.2) is 24.3 Å². The molecule has 0 saturated carbocycles. The third-order valence-corrected chi connectivity index (χ3v) is 5.48. The number of rotatable bonds is 14. The summed E-state index contributed by atoms with van der Waals surface area (Å²) in [7, 11) is 0. The van der Waals surface area contributed by atoms with E-state index in [2.05, 4.69) is 6.92 Å². The Kier molecular flexibility index (Phi) is 11.6. The molecule has 1 N–H and O–H groups in total. The number of hydrogen-bond donors (Lipinski definition) is 1. The van der Waals surface area contributed by atoms with Crippen LogP contribution in [-0.2, 0) is 16.3 Å². The summed E-state index contributed by atoms with van der Waals surface area (Å²) in [6.45, 7) is 1.55. The minimum atomic E-state index is -3.17. The van der Waals surface area contributed by atoms with Gasteiger partial charge in [-0.15, -0.1) is 0 Å². The summed E-state index contributed by atoms with van der Waals surface area (Å²) in [6, 6.07) is 7.45. The van der Waals surface area contributed by atoms with Gasteiger partial charge < -0.3 is 9.42 Å². The lowest BCUT2D eigenvalue weighted by Crippen LogP contribution is -1.99. The second-order valence-electron chi connectivity index (χ2n) is 6.39. The van der Waals surface area contributed by atoms with E-state index in [1.54, 1.807) is 12.1 Å². The van der Waals surface area contributed by atoms with Crippen LogP contribution in [0.3, 0.4) is 0 Å². The van der Waals surface area contributed by atoms with Crippen molar-refractivity contribution in [1.82, 2.24) is 0 Å². The maximum Gasteiger partial charge on any atom is 0.377 e. The molecule has 24 heavy (non-hydrogen) atoms. The first kappa shape index (κ1) is 21.6. The monoisotopic (exact) mass is 372 g/mol. The number of benzene rings is 1. The zero-order valence-electron chi connectivity index (χ0n) is 15.2. The molecule has 0 aliphatic rings. The highest BCUT2D eigenvalue weighted by Crippen LogP contribution is 2.44. The van der Waals surface area contributed by atoms with Crippen molar-refractivity contribution in [3.8, 4) is 5.75 Å². The van der Waals surface area contributed by atoms with Crippen molar-refractivity contribution in [2.75, 3.05) is 6.61 Å². The fourth-order valence-corrected chi connectivity index (χ4v) is 3.81. The molecule has 0 aromatic heterocycles. The highest BCUT2D eigenvalue weighted by Gasteiger charge is 2.16. The van der Waals surface area contributed by atoms with E-state index in [1.807, 2.05) is 19.1 Å². The Bertz CT molecular complexity index is 476. The average Bonchev–Trinajstić information content (AvgIpc) is 2.54. The van der Waals surface area contributed by atoms with E-state index >= 15 is 0 Å². The summed E-state index contributed by atoms with van der Waals surface area (Å²) in [4.78, 5) is 10.1. The topological polar surface area (TPSA) is 38.7 Å². The smallest absolute Gasteiger partial charge is 0.377 e. The molecule has 0 fully saturated rings. The van der Waals surface area contributed by atoms with Crippen molar-refractivity contribution in [2.24, 2.45) is 0 Å². The Hall–Kier alpha value is -0.410. The summed E-state index contributed by atoms with van der Waals surface area (Å²) in [6.07, 6.45) is 12.7. The summed E-state index contributed by atoms with van der Waals surface area (Å²) in [5.41, 5.74) is 1.14. The highest BCUT2D eigenvalue weighted by molar-refractivity contribution is 8.07. The molecule has 0 heterocycles. The normalized spacial score (nSPS) is 13.6. The fraction of sp³-hybridized carbons (Fsp3) is 0.684. The van der Waals surface area contributed by atoms with E-state index in [-0.39, 0.29) is 0 Å². The van der Waals surface area contributed by atoms with Crippen LogP contribution in [-0.4, -0.2) is 11.5 Å². The molecule has 3 nitrogen and oxygen atoms in total. The molecule has 0 bridgehead atoms. The van der Waals surface area contributed by atoms with Gasteiger partial charge in [0, 0.05) is 11.8 Å². The van der Waals surface area contributed by atoms with Crippen LogP contribution in [0, 0.1) is 6.92 Å². The van der Waals surface area contributed by atoms with Crippen molar-refractivity contribution in [3.05, 3.63) is 29.8 Å². The summed E-state index contributed by atoms with van der Waals surface area (Å²) in [5, 5.41) is 0. The maximum absolute atomic E-state index is 10.1. The van der Waals surface area contributed by atoms with Crippen molar-refractivity contribution in [3.63, 3.8) is 0 Å². The maximum atomic E-state index is 10.1. The molecule has 0 amide bonds. The third kappa shape index (κ3) is 11.2. The first-order valence-corrected chi connectivity index (χ1v) is 11.9. The fourth-order valence-electron chi connectivity index (χ4n) is 2.53. The van der Waals surface area contributed by atoms with Gasteiger partial charge in [-0.1, -0.05) is 82.4 Å². The number of unbranched alkanes of at least 4 members (excludes halogenated alkanes) is 9. The largest absolute Gasteiger partial charge is 0.424 e. The van der Waals surface area contributed by atoms with Gasteiger partial charge in [0.25, 0.3) is 0 Å². The summed E-state index contributed by atoms with van der Waals surface area (Å²) >= 11 is 5.05. The van der Waals surface area contributed by atoms with E-state index < -0.39 is 6.72 Å². The van der Waals surface area contributed by atoms with Crippen LogP contribution in [0.4, 0.5) is 0 Å². The number of aryl methyl sites for hydroxylation is 1. The van der Waals surface area contributed by atoms with E-state index in [4.69, 9.17) is 20.9 Å². The minimum absolute atomic E-state index is 0.468. The first-order chi connectivity index (χ1) is 11.5. The molecule has 0 radical (unpaired) electrons. The van der Waals surface area contributed by atoms with Gasteiger partial charge in [0.05, 0.1) is 6.61 Å². The molecule has 1 unspecified atom stereocenters. The predicted molar refractivity (Wildman–Crippen MR) is 106 cm³/mol. The van der Waals surface area contributed by atoms with Gasteiger partial charge in [0.1, 0.15) is 5.75 Å². The van der Waals surface area contributed by atoms with E-state index in [0.29, 0.717) is 12.4 Å². The van der Waals surface area contributed by atoms with Crippen LogP contribution in [0.5, 0.6) is 5.75 Å². The molecular formula is C19H33O3PS. The minimum Gasteiger partial charge on any atom is -0.424 e. The Morgan fingerprint density at radius 3 is 1.92 bits per heavy atom. The molecule has 0 aliphatic carbocycles. The van der Waals surface area contributed by atoms with E-state index in [0.717, 1.165) is 18.4 Å².